The van der Waals surface area contributed by atoms with Gasteiger partial charge in [0.15, 0.2) is 0 Å². The summed E-state index contributed by atoms with van der Waals surface area (Å²) >= 11 is 0. The van der Waals surface area contributed by atoms with Gasteiger partial charge in [-0.15, -0.1) is 0 Å². The van der Waals surface area contributed by atoms with Crippen LogP contribution in [0, 0.1) is 5.92 Å². The van der Waals surface area contributed by atoms with Gasteiger partial charge < -0.3 is 15.3 Å². The van der Waals surface area contributed by atoms with Gasteiger partial charge in [-0.2, -0.15) is 0 Å². The molecule has 0 bridgehead atoms. The number of aliphatic hydroxyl groups excluding tert-OH is 1. The Kier molecular flexibility index (Phi) is 4.40. The Bertz CT molecular complexity index is 262. The lowest BCUT2D eigenvalue weighted by Gasteiger charge is -2.40. The minimum Gasteiger partial charge on any atom is -0.391 e. The average molecular weight is 240 g/mol. The number of piperidine rings is 2. The van der Waals surface area contributed by atoms with Crippen LogP contribution in [0.2, 0.25) is 0 Å². The Morgan fingerprint density at radius 2 is 2.18 bits per heavy atom. The highest BCUT2D eigenvalue weighted by Crippen LogP contribution is 2.23. The molecule has 2 aliphatic rings. The van der Waals surface area contributed by atoms with Crippen molar-refractivity contribution in [3.05, 3.63) is 0 Å². The molecule has 1 amide bonds. The first kappa shape index (κ1) is 12.8. The first-order valence-corrected chi connectivity index (χ1v) is 6.89. The van der Waals surface area contributed by atoms with Crippen molar-refractivity contribution < 1.29 is 9.90 Å². The molecule has 0 spiro atoms. The maximum Gasteiger partial charge on any atom is 0.227 e. The standard InChI is InChI=1S/C13H24N2O2/c1-10(16)12-6-2-3-8-15(12)13(17)11-5-4-7-14-9-11/h10-12,14,16H,2-9H2,1H3/t10-,11+,12+/m0/s1. The molecule has 0 saturated carbocycles. The zero-order valence-corrected chi connectivity index (χ0v) is 10.7. The number of likely N-dealkylation sites (tertiary alicyclic amines) is 1. The summed E-state index contributed by atoms with van der Waals surface area (Å²) in [5.74, 6) is 0.380. The third kappa shape index (κ3) is 2.99. The second-order valence-corrected chi connectivity index (χ2v) is 5.38. The summed E-state index contributed by atoms with van der Waals surface area (Å²) in [5.41, 5.74) is 0. The van der Waals surface area contributed by atoms with Gasteiger partial charge in [-0.3, -0.25) is 4.79 Å². The van der Waals surface area contributed by atoms with E-state index < -0.39 is 6.10 Å². The Labute approximate surface area is 103 Å². The van der Waals surface area contributed by atoms with Crippen molar-refractivity contribution in [2.45, 2.75) is 51.2 Å². The summed E-state index contributed by atoms with van der Waals surface area (Å²) < 4.78 is 0. The van der Waals surface area contributed by atoms with Gasteiger partial charge in [0.25, 0.3) is 0 Å². The van der Waals surface area contributed by atoms with E-state index >= 15 is 0 Å². The Hall–Kier alpha value is -0.610. The largest absolute Gasteiger partial charge is 0.391 e. The van der Waals surface area contributed by atoms with E-state index in [-0.39, 0.29) is 17.9 Å². The summed E-state index contributed by atoms with van der Waals surface area (Å²) in [6.07, 6.45) is 4.83. The van der Waals surface area contributed by atoms with E-state index in [0.717, 1.165) is 51.7 Å². The van der Waals surface area contributed by atoms with E-state index in [9.17, 15) is 9.90 Å². The van der Waals surface area contributed by atoms with E-state index in [0.29, 0.717) is 0 Å². The zero-order valence-electron chi connectivity index (χ0n) is 10.7. The molecule has 17 heavy (non-hydrogen) atoms. The van der Waals surface area contributed by atoms with Gasteiger partial charge in [0.05, 0.1) is 18.1 Å². The number of amides is 1. The highest BCUT2D eigenvalue weighted by atomic mass is 16.3. The molecule has 98 valence electrons. The lowest BCUT2D eigenvalue weighted by atomic mass is 9.93. The van der Waals surface area contributed by atoms with Gasteiger partial charge >= 0.3 is 0 Å². The van der Waals surface area contributed by atoms with Gasteiger partial charge in [0, 0.05) is 13.1 Å². The van der Waals surface area contributed by atoms with Crippen molar-refractivity contribution in [1.29, 1.82) is 0 Å². The number of carbonyl (C=O) groups is 1. The Morgan fingerprint density at radius 1 is 1.35 bits per heavy atom. The molecule has 2 aliphatic heterocycles. The third-order valence-electron chi connectivity index (χ3n) is 4.04. The quantitative estimate of drug-likeness (QED) is 0.749. The van der Waals surface area contributed by atoms with Crippen LogP contribution in [0.5, 0.6) is 0 Å². The van der Waals surface area contributed by atoms with E-state index in [1.807, 2.05) is 4.90 Å². The first-order valence-electron chi connectivity index (χ1n) is 6.89. The predicted molar refractivity (Wildman–Crippen MR) is 66.6 cm³/mol. The molecule has 0 aromatic carbocycles. The number of carbonyl (C=O) groups excluding carboxylic acids is 1. The zero-order chi connectivity index (χ0) is 12.3. The van der Waals surface area contributed by atoms with Crippen LogP contribution in [0.25, 0.3) is 0 Å². The smallest absolute Gasteiger partial charge is 0.227 e. The topological polar surface area (TPSA) is 52.6 Å². The molecule has 2 N–H and O–H groups in total. The van der Waals surface area contributed by atoms with Crippen molar-refractivity contribution in [1.82, 2.24) is 10.2 Å². The normalized spacial score (nSPS) is 32.2. The van der Waals surface area contributed by atoms with E-state index in [1.165, 1.54) is 0 Å². The molecular formula is C13H24N2O2. The molecule has 4 nitrogen and oxygen atoms in total. The second kappa shape index (κ2) is 5.83. The monoisotopic (exact) mass is 240 g/mol. The van der Waals surface area contributed by atoms with Crippen molar-refractivity contribution >= 4 is 5.91 Å². The fourth-order valence-electron chi connectivity index (χ4n) is 3.03. The lowest BCUT2D eigenvalue weighted by molar-refractivity contribution is -0.142. The summed E-state index contributed by atoms with van der Waals surface area (Å²) in [5, 5.41) is 13.1. The van der Waals surface area contributed by atoms with Crippen LogP contribution in [0.3, 0.4) is 0 Å². The van der Waals surface area contributed by atoms with Crippen molar-refractivity contribution in [2.24, 2.45) is 5.92 Å². The summed E-state index contributed by atoms with van der Waals surface area (Å²) in [6, 6.07) is 0.0400. The van der Waals surface area contributed by atoms with Crippen molar-refractivity contribution in [2.75, 3.05) is 19.6 Å². The maximum atomic E-state index is 12.4. The van der Waals surface area contributed by atoms with Crippen LogP contribution in [-0.2, 0) is 4.79 Å². The fourth-order valence-corrected chi connectivity index (χ4v) is 3.03. The van der Waals surface area contributed by atoms with Crippen LogP contribution < -0.4 is 5.32 Å². The highest BCUT2D eigenvalue weighted by molar-refractivity contribution is 5.79. The molecule has 2 saturated heterocycles. The van der Waals surface area contributed by atoms with E-state index in [2.05, 4.69) is 5.32 Å². The fraction of sp³-hybridized carbons (Fsp3) is 0.923. The Balaban J connectivity index is 1.99. The molecule has 3 atom stereocenters. The Morgan fingerprint density at radius 3 is 2.82 bits per heavy atom. The van der Waals surface area contributed by atoms with Crippen molar-refractivity contribution in [3.8, 4) is 0 Å². The summed E-state index contributed by atoms with van der Waals surface area (Å²) in [6.45, 7) is 4.46. The average Bonchev–Trinajstić information content (AvgIpc) is 2.39. The van der Waals surface area contributed by atoms with Crippen LogP contribution in [0.4, 0.5) is 0 Å². The molecular weight excluding hydrogens is 216 g/mol. The van der Waals surface area contributed by atoms with Gasteiger partial charge in [-0.05, 0) is 45.6 Å². The minimum atomic E-state index is -0.407. The second-order valence-electron chi connectivity index (χ2n) is 5.38. The summed E-state index contributed by atoms with van der Waals surface area (Å²) in [7, 11) is 0. The van der Waals surface area contributed by atoms with Gasteiger partial charge in [0.1, 0.15) is 0 Å². The number of aliphatic hydroxyl groups is 1. The third-order valence-corrected chi connectivity index (χ3v) is 4.04. The van der Waals surface area contributed by atoms with Crippen LogP contribution in [0.15, 0.2) is 0 Å². The molecule has 4 heteroatoms. The molecule has 0 aromatic heterocycles. The first-order chi connectivity index (χ1) is 8.20. The molecule has 0 aromatic rings. The molecule has 2 rings (SSSR count). The van der Waals surface area contributed by atoms with Crippen LogP contribution in [0.1, 0.15) is 39.0 Å². The van der Waals surface area contributed by atoms with Gasteiger partial charge in [0.2, 0.25) is 5.91 Å². The molecule has 2 heterocycles. The van der Waals surface area contributed by atoms with E-state index in [4.69, 9.17) is 0 Å². The highest BCUT2D eigenvalue weighted by Gasteiger charge is 2.33. The molecule has 0 radical (unpaired) electrons. The molecule has 2 fully saturated rings. The number of hydrogen-bond acceptors (Lipinski definition) is 3. The van der Waals surface area contributed by atoms with Gasteiger partial charge in [-0.1, -0.05) is 0 Å². The number of rotatable bonds is 2. The minimum absolute atomic E-state index is 0.0400. The van der Waals surface area contributed by atoms with Crippen LogP contribution in [-0.4, -0.2) is 47.7 Å². The van der Waals surface area contributed by atoms with Gasteiger partial charge in [-0.25, -0.2) is 0 Å². The number of hydrogen-bond donors (Lipinski definition) is 2. The maximum absolute atomic E-state index is 12.4. The van der Waals surface area contributed by atoms with E-state index in [1.54, 1.807) is 6.92 Å². The predicted octanol–water partition coefficient (Wildman–Crippen LogP) is 0.748. The number of nitrogens with zero attached hydrogens (tertiary/aromatic N) is 1. The molecule has 0 unspecified atom stereocenters. The lowest BCUT2D eigenvalue weighted by Crippen LogP contribution is -2.52. The van der Waals surface area contributed by atoms with Crippen molar-refractivity contribution in [3.63, 3.8) is 0 Å². The number of nitrogens with one attached hydrogen (secondary N) is 1. The SMILES string of the molecule is C[C@H](O)[C@H]1CCCCN1C(=O)[C@@H]1CCCNC1. The summed E-state index contributed by atoms with van der Waals surface area (Å²) in [4.78, 5) is 14.4. The van der Waals surface area contributed by atoms with Crippen LogP contribution >= 0.6 is 0 Å². The molecule has 0 aliphatic carbocycles.